The summed E-state index contributed by atoms with van der Waals surface area (Å²) in [5.74, 6) is -0.207. The molecule has 2 N–H and O–H groups in total. The second-order valence-corrected chi connectivity index (χ2v) is 3.20. The SMILES string of the molecule is C/C(=C/c1cc(F)ccc1C)CN. The van der Waals surface area contributed by atoms with Gasteiger partial charge in [-0.1, -0.05) is 17.7 Å². The quantitative estimate of drug-likeness (QED) is 0.741. The van der Waals surface area contributed by atoms with E-state index in [1.807, 2.05) is 19.9 Å². The van der Waals surface area contributed by atoms with Gasteiger partial charge >= 0.3 is 0 Å². The first-order chi connectivity index (χ1) is 6.13. The molecule has 0 bridgehead atoms. The highest BCUT2D eigenvalue weighted by molar-refractivity contribution is 5.56. The molecule has 0 radical (unpaired) electrons. The summed E-state index contributed by atoms with van der Waals surface area (Å²) in [4.78, 5) is 0. The molecule has 0 aromatic heterocycles. The van der Waals surface area contributed by atoms with Gasteiger partial charge in [0.2, 0.25) is 0 Å². The van der Waals surface area contributed by atoms with Gasteiger partial charge in [-0.2, -0.15) is 0 Å². The van der Waals surface area contributed by atoms with Crippen LogP contribution in [0.1, 0.15) is 18.1 Å². The molecule has 1 aromatic rings. The van der Waals surface area contributed by atoms with E-state index in [2.05, 4.69) is 0 Å². The number of aryl methyl sites for hydroxylation is 1. The minimum absolute atomic E-state index is 0.207. The van der Waals surface area contributed by atoms with E-state index in [0.29, 0.717) is 6.54 Å². The molecule has 13 heavy (non-hydrogen) atoms. The number of rotatable bonds is 2. The fourth-order valence-corrected chi connectivity index (χ4v) is 1.09. The third kappa shape index (κ3) is 2.67. The van der Waals surface area contributed by atoms with Gasteiger partial charge in [-0.15, -0.1) is 0 Å². The van der Waals surface area contributed by atoms with E-state index in [1.165, 1.54) is 12.1 Å². The smallest absolute Gasteiger partial charge is 0.123 e. The fraction of sp³-hybridized carbons (Fsp3) is 0.273. The van der Waals surface area contributed by atoms with Crippen LogP contribution < -0.4 is 5.73 Å². The molecule has 0 fully saturated rings. The molecule has 1 rings (SSSR count). The second-order valence-electron chi connectivity index (χ2n) is 3.20. The zero-order chi connectivity index (χ0) is 9.84. The average molecular weight is 179 g/mol. The highest BCUT2D eigenvalue weighted by Crippen LogP contribution is 2.13. The summed E-state index contributed by atoms with van der Waals surface area (Å²) in [6, 6.07) is 4.75. The summed E-state index contributed by atoms with van der Waals surface area (Å²) in [6.07, 6.45) is 1.92. The van der Waals surface area contributed by atoms with Crippen LogP contribution in [0.4, 0.5) is 4.39 Å². The first-order valence-corrected chi connectivity index (χ1v) is 4.27. The van der Waals surface area contributed by atoms with E-state index < -0.39 is 0 Å². The molecule has 1 aromatic carbocycles. The largest absolute Gasteiger partial charge is 0.327 e. The van der Waals surface area contributed by atoms with Gasteiger partial charge in [0.05, 0.1) is 0 Å². The Hall–Kier alpha value is -1.15. The molecule has 1 nitrogen and oxygen atoms in total. The Morgan fingerprint density at radius 1 is 1.54 bits per heavy atom. The van der Waals surface area contributed by atoms with E-state index in [4.69, 9.17) is 5.73 Å². The van der Waals surface area contributed by atoms with Crippen molar-refractivity contribution in [3.63, 3.8) is 0 Å². The van der Waals surface area contributed by atoms with Crippen molar-refractivity contribution < 1.29 is 4.39 Å². The molecule has 0 spiro atoms. The van der Waals surface area contributed by atoms with Crippen LogP contribution in [-0.4, -0.2) is 6.54 Å². The van der Waals surface area contributed by atoms with Gasteiger partial charge in [0.15, 0.2) is 0 Å². The summed E-state index contributed by atoms with van der Waals surface area (Å²) >= 11 is 0. The lowest BCUT2D eigenvalue weighted by Crippen LogP contribution is -1.99. The molecule has 0 unspecified atom stereocenters. The van der Waals surface area contributed by atoms with Crippen molar-refractivity contribution in [1.82, 2.24) is 0 Å². The maximum atomic E-state index is 12.8. The van der Waals surface area contributed by atoms with Crippen molar-refractivity contribution in [1.29, 1.82) is 0 Å². The monoisotopic (exact) mass is 179 g/mol. The Morgan fingerprint density at radius 2 is 2.23 bits per heavy atom. The minimum Gasteiger partial charge on any atom is -0.327 e. The molecule has 0 aliphatic carbocycles. The Morgan fingerprint density at radius 3 is 2.85 bits per heavy atom. The summed E-state index contributed by atoms with van der Waals surface area (Å²) < 4.78 is 12.8. The van der Waals surface area contributed by atoms with Crippen LogP contribution in [0.25, 0.3) is 6.08 Å². The van der Waals surface area contributed by atoms with Crippen LogP contribution in [-0.2, 0) is 0 Å². The standard InChI is InChI=1S/C11H14FN/c1-8(7-13)5-10-6-11(12)4-3-9(10)2/h3-6H,7,13H2,1-2H3/b8-5-. The normalized spacial score (nSPS) is 11.8. The molecule has 0 atom stereocenters. The van der Waals surface area contributed by atoms with E-state index in [0.717, 1.165) is 16.7 Å². The predicted octanol–water partition coefficient (Wildman–Crippen LogP) is 2.50. The van der Waals surface area contributed by atoms with Crippen molar-refractivity contribution in [2.45, 2.75) is 13.8 Å². The lowest BCUT2D eigenvalue weighted by atomic mass is 10.1. The van der Waals surface area contributed by atoms with Crippen LogP contribution in [0.2, 0.25) is 0 Å². The summed E-state index contributed by atoms with van der Waals surface area (Å²) in [5.41, 5.74) is 8.47. The summed E-state index contributed by atoms with van der Waals surface area (Å²) in [6.45, 7) is 4.40. The Balaban J connectivity index is 3.07. The van der Waals surface area contributed by atoms with Gasteiger partial charge in [-0.25, -0.2) is 4.39 Å². The average Bonchev–Trinajstić information content (AvgIpc) is 2.11. The fourth-order valence-electron chi connectivity index (χ4n) is 1.09. The first-order valence-electron chi connectivity index (χ1n) is 4.27. The number of nitrogens with two attached hydrogens (primary N) is 1. The lowest BCUT2D eigenvalue weighted by Gasteiger charge is -2.01. The maximum Gasteiger partial charge on any atom is 0.123 e. The molecule has 0 saturated carbocycles. The Labute approximate surface area is 78.1 Å². The van der Waals surface area contributed by atoms with Gasteiger partial charge in [0, 0.05) is 6.54 Å². The molecule has 0 saturated heterocycles. The van der Waals surface area contributed by atoms with Crippen molar-refractivity contribution >= 4 is 6.08 Å². The van der Waals surface area contributed by atoms with Crippen LogP contribution in [0.5, 0.6) is 0 Å². The molecular weight excluding hydrogens is 165 g/mol. The van der Waals surface area contributed by atoms with Crippen molar-refractivity contribution in [2.75, 3.05) is 6.54 Å². The lowest BCUT2D eigenvalue weighted by molar-refractivity contribution is 0.627. The van der Waals surface area contributed by atoms with E-state index in [1.54, 1.807) is 6.07 Å². The molecule has 0 heterocycles. The molecule has 0 amide bonds. The number of hydrogen-bond acceptors (Lipinski definition) is 1. The van der Waals surface area contributed by atoms with Crippen molar-refractivity contribution in [2.24, 2.45) is 5.73 Å². The van der Waals surface area contributed by atoms with Crippen LogP contribution in [0, 0.1) is 12.7 Å². The van der Waals surface area contributed by atoms with Gasteiger partial charge in [-0.3, -0.25) is 0 Å². The Bertz CT molecular complexity index is 329. The second kappa shape index (κ2) is 4.19. The van der Waals surface area contributed by atoms with Crippen LogP contribution in [0.3, 0.4) is 0 Å². The maximum absolute atomic E-state index is 12.8. The van der Waals surface area contributed by atoms with Crippen molar-refractivity contribution in [3.05, 3.63) is 40.7 Å². The number of halogens is 1. The topological polar surface area (TPSA) is 26.0 Å². The van der Waals surface area contributed by atoms with Gasteiger partial charge in [-0.05, 0) is 37.1 Å². The third-order valence-electron chi connectivity index (χ3n) is 1.97. The van der Waals surface area contributed by atoms with Gasteiger partial charge in [0.1, 0.15) is 5.82 Å². The van der Waals surface area contributed by atoms with Crippen molar-refractivity contribution in [3.8, 4) is 0 Å². The zero-order valence-corrected chi connectivity index (χ0v) is 7.97. The summed E-state index contributed by atoms with van der Waals surface area (Å²) in [5, 5.41) is 0. The minimum atomic E-state index is -0.207. The van der Waals surface area contributed by atoms with E-state index in [9.17, 15) is 4.39 Å². The first kappa shape index (κ1) is 9.93. The number of hydrogen-bond donors (Lipinski definition) is 1. The third-order valence-corrected chi connectivity index (χ3v) is 1.97. The predicted molar refractivity (Wildman–Crippen MR) is 53.8 cm³/mol. The van der Waals surface area contributed by atoms with Crippen LogP contribution >= 0.6 is 0 Å². The molecule has 0 aliphatic rings. The van der Waals surface area contributed by atoms with Crippen LogP contribution in [0.15, 0.2) is 23.8 Å². The van der Waals surface area contributed by atoms with E-state index >= 15 is 0 Å². The molecular formula is C11H14FN. The van der Waals surface area contributed by atoms with Gasteiger partial charge in [0.25, 0.3) is 0 Å². The highest BCUT2D eigenvalue weighted by atomic mass is 19.1. The highest BCUT2D eigenvalue weighted by Gasteiger charge is 1.97. The van der Waals surface area contributed by atoms with E-state index in [-0.39, 0.29) is 5.82 Å². The molecule has 2 heteroatoms. The molecule has 0 aliphatic heterocycles. The Kier molecular flexibility index (Phi) is 3.20. The zero-order valence-electron chi connectivity index (χ0n) is 7.97. The van der Waals surface area contributed by atoms with Gasteiger partial charge < -0.3 is 5.73 Å². The summed E-state index contributed by atoms with van der Waals surface area (Å²) in [7, 11) is 0. The molecule has 70 valence electrons. The number of benzene rings is 1.